The molecule has 0 bridgehead atoms. The number of thiophene rings is 1. The first kappa shape index (κ1) is 29.5. The number of benzene rings is 8. The van der Waals surface area contributed by atoms with Crippen LogP contribution in [0.25, 0.3) is 69.9 Å². The van der Waals surface area contributed by atoms with Gasteiger partial charge < -0.3 is 9.47 Å². The summed E-state index contributed by atoms with van der Waals surface area (Å²) in [6.07, 6.45) is 0. The van der Waals surface area contributed by atoms with Gasteiger partial charge in [0.2, 0.25) is 0 Å². The van der Waals surface area contributed by atoms with Gasteiger partial charge in [0.25, 0.3) is 0 Å². The van der Waals surface area contributed by atoms with Crippen molar-refractivity contribution in [3.05, 3.63) is 194 Å². The highest BCUT2D eigenvalue weighted by molar-refractivity contribution is 7.26. The maximum Gasteiger partial charge on any atom is 0.0562 e. The fourth-order valence-electron chi connectivity index (χ4n) is 7.77. The first-order chi connectivity index (χ1) is 25.3. The number of nitrogens with zero attached hydrogens (tertiary/aromatic N) is 2. The summed E-state index contributed by atoms with van der Waals surface area (Å²) in [7, 11) is 0. The maximum absolute atomic E-state index is 2.47. The van der Waals surface area contributed by atoms with Gasteiger partial charge in [0, 0.05) is 47.9 Å². The van der Waals surface area contributed by atoms with Gasteiger partial charge in [0.1, 0.15) is 0 Å². The number of anilines is 3. The first-order valence-electron chi connectivity index (χ1n) is 17.4. The molecule has 0 fully saturated rings. The van der Waals surface area contributed by atoms with Crippen LogP contribution in [0.3, 0.4) is 0 Å². The van der Waals surface area contributed by atoms with Crippen LogP contribution >= 0.6 is 11.3 Å². The molecule has 0 saturated heterocycles. The van der Waals surface area contributed by atoms with Crippen molar-refractivity contribution < 1.29 is 0 Å². The van der Waals surface area contributed by atoms with Gasteiger partial charge in [-0.3, -0.25) is 0 Å². The molecule has 0 aliphatic carbocycles. The van der Waals surface area contributed by atoms with E-state index in [4.69, 9.17) is 0 Å². The molecular weight excluding hydrogens is 637 g/mol. The third-order valence-corrected chi connectivity index (χ3v) is 11.2. The second kappa shape index (κ2) is 12.2. The summed E-state index contributed by atoms with van der Waals surface area (Å²) in [5.74, 6) is 0. The van der Waals surface area contributed by atoms with E-state index < -0.39 is 0 Å². The van der Waals surface area contributed by atoms with Crippen molar-refractivity contribution in [2.45, 2.75) is 0 Å². The van der Waals surface area contributed by atoms with Gasteiger partial charge >= 0.3 is 0 Å². The van der Waals surface area contributed by atoms with Gasteiger partial charge in [-0.05, 0) is 71.3 Å². The Hall–Kier alpha value is -6.42. The lowest BCUT2D eigenvalue weighted by atomic mass is 9.99. The number of aromatic nitrogens is 1. The Kier molecular flexibility index (Phi) is 7.04. The Labute approximate surface area is 300 Å². The van der Waals surface area contributed by atoms with Crippen LogP contribution < -0.4 is 4.90 Å². The third-order valence-electron chi connectivity index (χ3n) is 9.98. The van der Waals surface area contributed by atoms with E-state index in [1.54, 1.807) is 0 Å². The zero-order chi connectivity index (χ0) is 33.7. The van der Waals surface area contributed by atoms with Crippen LogP contribution in [0.2, 0.25) is 0 Å². The van der Waals surface area contributed by atoms with E-state index in [1.165, 1.54) is 64.2 Å². The van der Waals surface area contributed by atoms with Gasteiger partial charge in [0.15, 0.2) is 0 Å². The second-order valence-electron chi connectivity index (χ2n) is 12.9. The van der Waals surface area contributed by atoms with Crippen molar-refractivity contribution in [2.24, 2.45) is 0 Å². The minimum absolute atomic E-state index is 1.11. The molecule has 0 N–H and O–H groups in total. The zero-order valence-electron chi connectivity index (χ0n) is 27.8. The molecule has 8 aromatic carbocycles. The minimum Gasteiger partial charge on any atom is -0.309 e. The molecule has 0 atom stereocenters. The van der Waals surface area contributed by atoms with Crippen LogP contribution in [0.1, 0.15) is 0 Å². The molecular formula is C48H32N2S. The topological polar surface area (TPSA) is 8.17 Å². The molecule has 0 radical (unpaired) electrons. The summed E-state index contributed by atoms with van der Waals surface area (Å²) >= 11 is 1.88. The molecule has 51 heavy (non-hydrogen) atoms. The Balaban J connectivity index is 1.26. The zero-order valence-corrected chi connectivity index (χ0v) is 28.6. The highest BCUT2D eigenvalue weighted by atomic mass is 32.1. The molecule has 0 saturated carbocycles. The molecule has 0 aliphatic rings. The van der Waals surface area contributed by atoms with Crippen LogP contribution in [-0.2, 0) is 0 Å². The standard InChI is InChI=1S/C48H32N2S/c1-3-16-33(17-4-1)37-22-7-10-27-42(37)50(36-21-13-18-34(32-36)38-25-14-26-40-39-23-9-12-31-46(39)51-48(38)40)45-30-15-29-44-47(45)41-24-8-11-28-43(41)49(44)35-19-5-2-6-20-35/h1-32H. The summed E-state index contributed by atoms with van der Waals surface area (Å²) in [5, 5.41) is 5.07. The van der Waals surface area contributed by atoms with Crippen LogP contribution in [0.4, 0.5) is 17.1 Å². The molecule has 2 aromatic heterocycles. The highest BCUT2D eigenvalue weighted by Gasteiger charge is 2.23. The number of rotatable bonds is 6. The van der Waals surface area contributed by atoms with E-state index >= 15 is 0 Å². The molecule has 0 unspecified atom stereocenters. The second-order valence-corrected chi connectivity index (χ2v) is 14.0. The number of fused-ring (bicyclic) bond motifs is 6. The fraction of sp³-hybridized carbons (Fsp3) is 0. The summed E-state index contributed by atoms with van der Waals surface area (Å²) in [6, 6.07) is 70.3. The molecule has 3 heteroatoms. The van der Waals surface area contributed by atoms with Crippen molar-refractivity contribution >= 4 is 70.4 Å². The van der Waals surface area contributed by atoms with Crippen LogP contribution in [0.5, 0.6) is 0 Å². The maximum atomic E-state index is 2.47. The molecule has 0 aliphatic heterocycles. The van der Waals surface area contributed by atoms with E-state index in [0.717, 1.165) is 22.7 Å². The van der Waals surface area contributed by atoms with E-state index in [9.17, 15) is 0 Å². The van der Waals surface area contributed by atoms with Crippen LogP contribution in [0, 0.1) is 0 Å². The van der Waals surface area contributed by atoms with Crippen LogP contribution in [0.15, 0.2) is 194 Å². The molecule has 2 nitrogen and oxygen atoms in total. The summed E-state index contributed by atoms with van der Waals surface area (Å²) < 4.78 is 5.03. The number of hydrogen-bond donors (Lipinski definition) is 0. The predicted octanol–water partition coefficient (Wildman–Crippen LogP) is 14.0. The minimum atomic E-state index is 1.11. The lowest BCUT2D eigenvalue weighted by Gasteiger charge is -2.29. The molecule has 2 heterocycles. The van der Waals surface area contributed by atoms with E-state index in [-0.39, 0.29) is 0 Å². The monoisotopic (exact) mass is 668 g/mol. The number of para-hydroxylation sites is 3. The Morgan fingerprint density at radius 1 is 0.412 bits per heavy atom. The average Bonchev–Trinajstić information content (AvgIpc) is 3.76. The highest BCUT2D eigenvalue weighted by Crippen LogP contribution is 2.48. The van der Waals surface area contributed by atoms with Gasteiger partial charge in [-0.2, -0.15) is 0 Å². The van der Waals surface area contributed by atoms with Crippen molar-refractivity contribution in [1.82, 2.24) is 4.57 Å². The molecule has 240 valence electrons. The molecule has 0 spiro atoms. The predicted molar refractivity (Wildman–Crippen MR) is 219 cm³/mol. The van der Waals surface area contributed by atoms with E-state index in [2.05, 4.69) is 204 Å². The Morgan fingerprint density at radius 3 is 1.90 bits per heavy atom. The SMILES string of the molecule is c1ccc(-c2ccccc2N(c2cccc(-c3cccc4c3sc3ccccc34)c2)c2cccc3c2c2ccccc2n3-c2ccccc2)cc1. The summed E-state index contributed by atoms with van der Waals surface area (Å²) in [5.41, 5.74) is 11.7. The van der Waals surface area contributed by atoms with E-state index in [0.29, 0.717) is 0 Å². The van der Waals surface area contributed by atoms with Gasteiger partial charge in [-0.1, -0.05) is 140 Å². The summed E-state index contributed by atoms with van der Waals surface area (Å²) in [4.78, 5) is 2.47. The van der Waals surface area contributed by atoms with Crippen LogP contribution in [-0.4, -0.2) is 4.57 Å². The van der Waals surface area contributed by atoms with Gasteiger partial charge in [-0.25, -0.2) is 0 Å². The van der Waals surface area contributed by atoms with Crippen molar-refractivity contribution in [1.29, 1.82) is 0 Å². The van der Waals surface area contributed by atoms with Crippen molar-refractivity contribution in [3.63, 3.8) is 0 Å². The molecule has 10 rings (SSSR count). The normalized spacial score (nSPS) is 11.5. The van der Waals surface area contributed by atoms with Crippen molar-refractivity contribution in [3.8, 4) is 27.9 Å². The van der Waals surface area contributed by atoms with Crippen molar-refractivity contribution in [2.75, 3.05) is 4.90 Å². The lowest BCUT2D eigenvalue weighted by Crippen LogP contribution is -2.12. The fourth-order valence-corrected chi connectivity index (χ4v) is 9.01. The quantitative estimate of drug-likeness (QED) is 0.171. The van der Waals surface area contributed by atoms with Gasteiger partial charge in [-0.15, -0.1) is 11.3 Å². The smallest absolute Gasteiger partial charge is 0.0562 e. The first-order valence-corrected chi connectivity index (χ1v) is 18.2. The Bertz CT molecular complexity index is 2860. The largest absolute Gasteiger partial charge is 0.309 e. The molecule has 10 aromatic rings. The average molecular weight is 669 g/mol. The summed E-state index contributed by atoms with van der Waals surface area (Å²) in [6.45, 7) is 0. The Morgan fingerprint density at radius 2 is 1.02 bits per heavy atom. The van der Waals surface area contributed by atoms with Gasteiger partial charge in [0.05, 0.1) is 22.4 Å². The third kappa shape index (κ3) is 4.85. The number of hydrogen-bond acceptors (Lipinski definition) is 2. The molecule has 0 amide bonds. The van der Waals surface area contributed by atoms with E-state index in [1.807, 2.05) is 11.3 Å². The lowest BCUT2D eigenvalue weighted by molar-refractivity contribution is 1.18.